The van der Waals surface area contributed by atoms with Crippen LogP contribution in [0, 0.1) is 5.41 Å². The summed E-state index contributed by atoms with van der Waals surface area (Å²) in [5.74, 6) is 0.408. The maximum atomic E-state index is 12.9. The predicted octanol–water partition coefficient (Wildman–Crippen LogP) is 1.32. The number of likely N-dealkylation sites (tertiary alicyclic amines) is 1. The van der Waals surface area contributed by atoms with Crippen molar-refractivity contribution >= 4 is 5.91 Å². The minimum atomic E-state index is -0.117. The summed E-state index contributed by atoms with van der Waals surface area (Å²) in [6.45, 7) is 5.99. The molecular weight excluding hydrogens is 238 g/mol. The predicted molar refractivity (Wildman–Crippen MR) is 78.1 cm³/mol. The van der Waals surface area contributed by atoms with Crippen molar-refractivity contribution in [1.29, 1.82) is 0 Å². The van der Waals surface area contributed by atoms with Gasteiger partial charge >= 0.3 is 0 Å². The molecule has 2 fully saturated rings. The van der Waals surface area contributed by atoms with Crippen molar-refractivity contribution in [2.45, 2.75) is 45.1 Å². The SMILES string of the molecule is CCCC1(C(=O)N2CCC(N(C)C)C2)CCCNC1. The zero-order chi connectivity index (χ0) is 13.9. The van der Waals surface area contributed by atoms with Crippen molar-refractivity contribution in [2.24, 2.45) is 5.41 Å². The molecule has 0 spiro atoms. The first kappa shape index (κ1) is 14.8. The van der Waals surface area contributed by atoms with Crippen LogP contribution in [-0.2, 0) is 4.79 Å². The Morgan fingerprint density at radius 1 is 1.47 bits per heavy atom. The molecule has 0 aliphatic carbocycles. The van der Waals surface area contributed by atoms with Crippen LogP contribution in [0.3, 0.4) is 0 Å². The second kappa shape index (κ2) is 6.23. The molecule has 2 saturated heterocycles. The number of nitrogens with one attached hydrogen (secondary N) is 1. The highest BCUT2D eigenvalue weighted by atomic mass is 16.2. The molecule has 4 heteroatoms. The summed E-state index contributed by atoms with van der Waals surface area (Å²) in [6.07, 6.45) is 5.45. The second-order valence-corrected chi connectivity index (χ2v) is 6.47. The molecule has 0 aromatic rings. The van der Waals surface area contributed by atoms with E-state index in [9.17, 15) is 4.79 Å². The minimum Gasteiger partial charge on any atom is -0.341 e. The molecule has 0 bridgehead atoms. The van der Waals surface area contributed by atoms with E-state index in [1.165, 1.54) is 0 Å². The van der Waals surface area contributed by atoms with E-state index >= 15 is 0 Å². The van der Waals surface area contributed by atoms with Gasteiger partial charge in [-0.3, -0.25) is 4.79 Å². The topological polar surface area (TPSA) is 35.6 Å². The normalized spacial score (nSPS) is 32.0. The second-order valence-electron chi connectivity index (χ2n) is 6.47. The average molecular weight is 267 g/mol. The van der Waals surface area contributed by atoms with E-state index in [1.807, 2.05) is 0 Å². The quantitative estimate of drug-likeness (QED) is 0.834. The molecule has 2 aliphatic rings. The van der Waals surface area contributed by atoms with Crippen LogP contribution in [0.4, 0.5) is 0 Å². The lowest BCUT2D eigenvalue weighted by atomic mass is 9.76. The number of hydrogen-bond acceptors (Lipinski definition) is 3. The summed E-state index contributed by atoms with van der Waals surface area (Å²) >= 11 is 0. The molecule has 19 heavy (non-hydrogen) atoms. The van der Waals surface area contributed by atoms with Gasteiger partial charge in [-0.25, -0.2) is 0 Å². The fraction of sp³-hybridized carbons (Fsp3) is 0.933. The van der Waals surface area contributed by atoms with Crippen molar-refractivity contribution < 1.29 is 4.79 Å². The van der Waals surface area contributed by atoms with Crippen molar-refractivity contribution in [3.63, 3.8) is 0 Å². The highest BCUT2D eigenvalue weighted by Crippen LogP contribution is 2.35. The van der Waals surface area contributed by atoms with Gasteiger partial charge in [0.05, 0.1) is 5.41 Å². The average Bonchev–Trinajstić information content (AvgIpc) is 2.89. The molecule has 2 rings (SSSR count). The summed E-state index contributed by atoms with van der Waals surface area (Å²) in [5.41, 5.74) is -0.117. The number of likely N-dealkylation sites (N-methyl/N-ethyl adjacent to an activating group) is 1. The first-order valence-corrected chi connectivity index (χ1v) is 7.75. The Morgan fingerprint density at radius 2 is 2.26 bits per heavy atom. The van der Waals surface area contributed by atoms with Gasteiger partial charge < -0.3 is 15.1 Å². The van der Waals surface area contributed by atoms with E-state index in [0.717, 1.165) is 58.3 Å². The first-order valence-electron chi connectivity index (χ1n) is 7.75. The Hall–Kier alpha value is -0.610. The van der Waals surface area contributed by atoms with Crippen LogP contribution in [-0.4, -0.2) is 62.0 Å². The molecule has 2 atom stereocenters. The molecule has 4 nitrogen and oxygen atoms in total. The molecule has 1 N–H and O–H groups in total. The lowest BCUT2D eigenvalue weighted by molar-refractivity contribution is -0.143. The van der Waals surface area contributed by atoms with E-state index < -0.39 is 0 Å². The molecular formula is C15H29N3O. The lowest BCUT2D eigenvalue weighted by Gasteiger charge is -2.39. The van der Waals surface area contributed by atoms with Crippen LogP contribution in [0.2, 0.25) is 0 Å². The van der Waals surface area contributed by atoms with Crippen LogP contribution in [0.25, 0.3) is 0 Å². The van der Waals surface area contributed by atoms with Crippen molar-refractivity contribution in [3.05, 3.63) is 0 Å². The zero-order valence-corrected chi connectivity index (χ0v) is 12.7. The molecule has 0 radical (unpaired) electrons. The fourth-order valence-corrected chi connectivity index (χ4v) is 3.63. The van der Waals surface area contributed by atoms with Crippen LogP contribution >= 0.6 is 0 Å². The van der Waals surface area contributed by atoms with E-state index in [-0.39, 0.29) is 5.41 Å². The number of nitrogens with zero attached hydrogens (tertiary/aromatic N) is 2. The highest BCUT2D eigenvalue weighted by Gasteiger charge is 2.43. The Labute approximate surface area is 117 Å². The van der Waals surface area contributed by atoms with E-state index in [4.69, 9.17) is 0 Å². The van der Waals surface area contributed by atoms with Crippen molar-refractivity contribution in [3.8, 4) is 0 Å². The van der Waals surface area contributed by atoms with Gasteiger partial charge in [0.2, 0.25) is 5.91 Å². The number of piperidine rings is 1. The van der Waals surface area contributed by atoms with Crippen molar-refractivity contribution in [1.82, 2.24) is 15.1 Å². The van der Waals surface area contributed by atoms with Gasteiger partial charge in [0, 0.05) is 25.7 Å². The fourth-order valence-electron chi connectivity index (χ4n) is 3.63. The van der Waals surface area contributed by atoms with Crippen molar-refractivity contribution in [2.75, 3.05) is 40.3 Å². The smallest absolute Gasteiger partial charge is 0.230 e. The van der Waals surface area contributed by atoms with Crippen LogP contribution in [0.15, 0.2) is 0 Å². The molecule has 0 aromatic heterocycles. The molecule has 2 heterocycles. The standard InChI is InChI=1S/C15H29N3O/c1-4-7-15(8-5-9-16-12-15)14(19)18-10-6-13(11-18)17(2)3/h13,16H,4-12H2,1-3H3. The Kier molecular flexibility index (Phi) is 4.85. The molecule has 110 valence electrons. The zero-order valence-electron chi connectivity index (χ0n) is 12.7. The third-order valence-corrected chi connectivity index (χ3v) is 4.84. The van der Waals surface area contributed by atoms with E-state index in [1.54, 1.807) is 0 Å². The maximum absolute atomic E-state index is 12.9. The van der Waals surface area contributed by atoms with Crippen LogP contribution < -0.4 is 5.32 Å². The first-order chi connectivity index (χ1) is 9.09. The largest absolute Gasteiger partial charge is 0.341 e. The van der Waals surface area contributed by atoms with Crippen LogP contribution in [0.1, 0.15) is 39.0 Å². The van der Waals surface area contributed by atoms with Gasteiger partial charge in [-0.2, -0.15) is 0 Å². The molecule has 0 saturated carbocycles. The lowest BCUT2D eigenvalue weighted by Crippen LogP contribution is -2.51. The van der Waals surface area contributed by atoms with Gasteiger partial charge in [0.25, 0.3) is 0 Å². The maximum Gasteiger partial charge on any atom is 0.230 e. The van der Waals surface area contributed by atoms with Gasteiger partial charge in [0.1, 0.15) is 0 Å². The monoisotopic (exact) mass is 267 g/mol. The highest BCUT2D eigenvalue weighted by molar-refractivity contribution is 5.83. The van der Waals surface area contributed by atoms with Gasteiger partial charge in [-0.1, -0.05) is 13.3 Å². The van der Waals surface area contributed by atoms with Crippen LogP contribution in [0.5, 0.6) is 0 Å². The number of carbonyl (C=O) groups is 1. The summed E-state index contributed by atoms with van der Waals surface area (Å²) in [4.78, 5) is 17.3. The molecule has 2 aliphatic heterocycles. The third kappa shape index (κ3) is 3.11. The third-order valence-electron chi connectivity index (χ3n) is 4.84. The summed E-state index contributed by atoms with van der Waals surface area (Å²) in [5, 5.41) is 3.44. The Bertz CT molecular complexity index is 305. The summed E-state index contributed by atoms with van der Waals surface area (Å²) in [7, 11) is 4.23. The van der Waals surface area contributed by atoms with E-state index in [2.05, 4.69) is 36.1 Å². The summed E-state index contributed by atoms with van der Waals surface area (Å²) in [6, 6.07) is 0.541. The Balaban J connectivity index is 2.04. The van der Waals surface area contributed by atoms with E-state index in [0.29, 0.717) is 11.9 Å². The number of carbonyl (C=O) groups excluding carboxylic acids is 1. The molecule has 0 aromatic carbocycles. The number of rotatable bonds is 4. The molecule has 2 unspecified atom stereocenters. The van der Waals surface area contributed by atoms with Gasteiger partial charge in [-0.15, -0.1) is 0 Å². The number of amides is 1. The number of hydrogen-bond donors (Lipinski definition) is 1. The van der Waals surface area contributed by atoms with Gasteiger partial charge in [-0.05, 0) is 46.3 Å². The minimum absolute atomic E-state index is 0.117. The van der Waals surface area contributed by atoms with Gasteiger partial charge in [0.15, 0.2) is 0 Å². The Morgan fingerprint density at radius 3 is 2.79 bits per heavy atom. The summed E-state index contributed by atoms with van der Waals surface area (Å²) < 4.78 is 0. The molecule has 1 amide bonds.